The van der Waals surface area contributed by atoms with Crippen LogP contribution in [0.25, 0.3) is 0 Å². The first-order valence-electron chi connectivity index (χ1n) is 6.41. The highest BCUT2D eigenvalue weighted by Gasteiger charge is 2.09. The molecule has 1 aliphatic rings. The number of aromatic nitrogens is 1. The van der Waals surface area contributed by atoms with Gasteiger partial charge >= 0.3 is 0 Å². The second kappa shape index (κ2) is 11.3. The van der Waals surface area contributed by atoms with Crippen LogP contribution in [0.2, 0.25) is 0 Å². The first-order valence-corrected chi connectivity index (χ1v) is 7.36. The average molecular weight is 341 g/mol. The summed E-state index contributed by atoms with van der Waals surface area (Å²) in [7, 11) is 0. The summed E-state index contributed by atoms with van der Waals surface area (Å²) >= 11 is 1.57. The van der Waals surface area contributed by atoms with Crippen LogP contribution < -0.4 is 10.6 Å². The van der Waals surface area contributed by atoms with Crippen molar-refractivity contribution in [3.63, 3.8) is 0 Å². The summed E-state index contributed by atoms with van der Waals surface area (Å²) in [5.74, 6) is 0.123. The maximum absolute atomic E-state index is 11.6. The van der Waals surface area contributed by atoms with Gasteiger partial charge in [0.05, 0.1) is 11.2 Å². The van der Waals surface area contributed by atoms with E-state index in [1.54, 1.807) is 16.8 Å². The highest BCUT2D eigenvalue weighted by molar-refractivity contribution is 7.07. The summed E-state index contributed by atoms with van der Waals surface area (Å²) in [6.45, 7) is 5.96. The van der Waals surface area contributed by atoms with Crippen LogP contribution in [-0.4, -0.2) is 55.1 Å². The Morgan fingerprint density at radius 1 is 1.40 bits per heavy atom. The molecule has 2 rings (SSSR count). The number of nitrogens with one attached hydrogen (secondary N) is 2. The van der Waals surface area contributed by atoms with Crippen LogP contribution in [0, 0.1) is 0 Å². The van der Waals surface area contributed by atoms with Gasteiger partial charge in [0, 0.05) is 51.1 Å². The Hall–Kier alpha value is -0.400. The van der Waals surface area contributed by atoms with E-state index in [0.717, 1.165) is 51.4 Å². The molecule has 0 bridgehead atoms. The van der Waals surface area contributed by atoms with Gasteiger partial charge in [0.25, 0.3) is 0 Å². The molecule has 20 heavy (non-hydrogen) atoms. The van der Waals surface area contributed by atoms with Crippen molar-refractivity contribution in [2.24, 2.45) is 0 Å². The van der Waals surface area contributed by atoms with E-state index in [0.29, 0.717) is 6.42 Å². The predicted molar refractivity (Wildman–Crippen MR) is 87.3 cm³/mol. The number of amides is 1. The lowest BCUT2D eigenvalue weighted by Crippen LogP contribution is -2.46. The lowest BCUT2D eigenvalue weighted by Gasteiger charge is -2.27. The quantitative estimate of drug-likeness (QED) is 0.809. The summed E-state index contributed by atoms with van der Waals surface area (Å²) in [5, 5.41) is 8.28. The van der Waals surface area contributed by atoms with Gasteiger partial charge in [0.1, 0.15) is 0 Å². The molecule has 0 spiro atoms. The number of carbonyl (C=O) groups excluding carboxylic acids is 1. The Morgan fingerprint density at radius 2 is 2.15 bits per heavy atom. The fourth-order valence-corrected chi connectivity index (χ4v) is 2.57. The van der Waals surface area contributed by atoms with Gasteiger partial charge in [-0.2, -0.15) is 0 Å². The van der Waals surface area contributed by atoms with E-state index in [1.165, 1.54) is 0 Å². The zero-order chi connectivity index (χ0) is 12.6. The van der Waals surface area contributed by atoms with Crippen LogP contribution in [0.3, 0.4) is 0 Å². The fraction of sp³-hybridized carbons (Fsp3) is 0.667. The molecule has 0 radical (unpaired) electrons. The normalized spacial score (nSPS) is 15.0. The summed E-state index contributed by atoms with van der Waals surface area (Å²) in [5.41, 5.74) is 2.81. The van der Waals surface area contributed by atoms with E-state index in [9.17, 15) is 4.79 Å². The first-order chi connectivity index (χ1) is 8.84. The molecule has 1 fully saturated rings. The summed E-state index contributed by atoms with van der Waals surface area (Å²) in [6, 6.07) is 0. The van der Waals surface area contributed by atoms with Crippen molar-refractivity contribution in [2.45, 2.75) is 12.8 Å². The molecular weight excluding hydrogens is 319 g/mol. The van der Waals surface area contributed by atoms with Crippen molar-refractivity contribution in [1.82, 2.24) is 20.5 Å². The summed E-state index contributed by atoms with van der Waals surface area (Å²) in [6.07, 6.45) is 1.27. The molecule has 0 atom stereocenters. The number of piperazine rings is 1. The molecule has 2 heterocycles. The van der Waals surface area contributed by atoms with E-state index in [2.05, 4.69) is 20.5 Å². The van der Waals surface area contributed by atoms with E-state index in [4.69, 9.17) is 0 Å². The van der Waals surface area contributed by atoms with Gasteiger partial charge in [-0.05, 0) is 6.42 Å². The van der Waals surface area contributed by atoms with Gasteiger partial charge in [-0.3, -0.25) is 9.69 Å². The largest absolute Gasteiger partial charge is 0.355 e. The number of carbonyl (C=O) groups is 1. The zero-order valence-electron chi connectivity index (χ0n) is 11.3. The van der Waals surface area contributed by atoms with Crippen molar-refractivity contribution >= 4 is 42.1 Å². The van der Waals surface area contributed by atoms with E-state index in [-0.39, 0.29) is 30.7 Å². The standard InChI is InChI=1S/C12H20N4OS.2ClH/c17-12(2-1-11-9-18-10-15-11)14-5-8-16-6-3-13-4-7-16;;/h9-10,13H,1-8H2,(H,14,17);2*1H. The van der Waals surface area contributed by atoms with E-state index in [1.807, 2.05) is 5.38 Å². The maximum Gasteiger partial charge on any atom is 0.220 e. The second-order valence-electron chi connectivity index (χ2n) is 4.42. The molecule has 116 valence electrons. The average Bonchev–Trinajstić information content (AvgIpc) is 2.91. The van der Waals surface area contributed by atoms with Crippen molar-refractivity contribution in [2.75, 3.05) is 39.3 Å². The van der Waals surface area contributed by atoms with Gasteiger partial charge in [0.15, 0.2) is 0 Å². The van der Waals surface area contributed by atoms with Crippen LogP contribution in [0.5, 0.6) is 0 Å². The van der Waals surface area contributed by atoms with Gasteiger partial charge < -0.3 is 10.6 Å². The van der Waals surface area contributed by atoms with Crippen LogP contribution >= 0.6 is 36.2 Å². The van der Waals surface area contributed by atoms with Crippen LogP contribution in [-0.2, 0) is 11.2 Å². The number of aryl methyl sites for hydroxylation is 1. The van der Waals surface area contributed by atoms with Gasteiger partial charge in [0.2, 0.25) is 5.91 Å². The highest BCUT2D eigenvalue weighted by Crippen LogP contribution is 2.03. The second-order valence-corrected chi connectivity index (χ2v) is 5.14. The Bertz CT molecular complexity index is 358. The van der Waals surface area contributed by atoms with Gasteiger partial charge in [-0.15, -0.1) is 36.2 Å². The molecule has 1 amide bonds. The lowest BCUT2D eigenvalue weighted by molar-refractivity contribution is -0.121. The third-order valence-electron chi connectivity index (χ3n) is 3.05. The molecule has 5 nitrogen and oxygen atoms in total. The third kappa shape index (κ3) is 7.40. The van der Waals surface area contributed by atoms with Gasteiger partial charge in [-0.1, -0.05) is 0 Å². The van der Waals surface area contributed by atoms with Gasteiger partial charge in [-0.25, -0.2) is 4.98 Å². The maximum atomic E-state index is 11.6. The Kier molecular flexibility index (Phi) is 11.1. The molecule has 8 heteroatoms. The Morgan fingerprint density at radius 3 is 2.80 bits per heavy atom. The van der Waals surface area contributed by atoms with Crippen LogP contribution in [0.15, 0.2) is 10.9 Å². The van der Waals surface area contributed by atoms with Crippen LogP contribution in [0.1, 0.15) is 12.1 Å². The number of nitrogens with zero attached hydrogens (tertiary/aromatic N) is 2. The molecule has 1 aromatic heterocycles. The lowest BCUT2D eigenvalue weighted by atomic mass is 10.2. The van der Waals surface area contributed by atoms with Crippen LogP contribution in [0.4, 0.5) is 0 Å². The molecule has 1 aromatic rings. The molecule has 1 aliphatic heterocycles. The number of hydrogen-bond donors (Lipinski definition) is 2. The van der Waals surface area contributed by atoms with E-state index >= 15 is 0 Å². The molecule has 1 saturated heterocycles. The first kappa shape index (κ1) is 19.6. The Labute approximate surface area is 136 Å². The number of hydrogen-bond acceptors (Lipinski definition) is 5. The highest BCUT2D eigenvalue weighted by atomic mass is 35.5. The minimum Gasteiger partial charge on any atom is -0.355 e. The van der Waals surface area contributed by atoms with E-state index < -0.39 is 0 Å². The minimum atomic E-state index is 0. The van der Waals surface area contributed by atoms with Crippen molar-refractivity contribution in [3.8, 4) is 0 Å². The summed E-state index contributed by atoms with van der Waals surface area (Å²) in [4.78, 5) is 18.2. The molecular formula is C12H22Cl2N4OS. The molecule has 2 N–H and O–H groups in total. The SMILES string of the molecule is Cl.Cl.O=C(CCc1cscn1)NCCN1CCNCC1. The monoisotopic (exact) mass is 340 g/mol. The van der Waals surface area contributed by atoms with Crippen molar-refractivity contribution in [1.29, 1.82) is 0 Å². The number of thiazole rings is 1. The molecule has 0 aliphatic carbocycles. The minimum absolute atomic E-state index is 0. The molecule has 0 unspecified atom stereocenters. The molecule has 0 aromatic carbocycles. The van der Waals surface area contributed by atoms with Crippen molar-refractivity contribution in [3.05, 3.63) is 16.6 Å². The smallest absolute Gasteiger partial charge is 0.220 e. The fourth-order valence-electron chi connectivity index (χ4n) is 1.98. The van der Waals surface area contributed by atoms with Crippen molar-refractivity contribution < 1.29 is 4.79 Å². The topological polar surface area (TPSA) is 57.3 Å². The number of halogens is 2. The molecule has 0 saturated carbocycles. The third-order valence-corrected chi connectivity index (χ3v) is 3.69. The predicted octanol–water partition coefficient (Wildman–Crippen LogP) is 0.941. The Balaban J connectivity index is 0.00000180. The number of rotatable bonds is 6. The summed E-state index contributed by atoms with van der Waals surface area (Å²) < 4.78 is 0. The zero-order valence-corrected chi connectivity index (χ0v) is 13.8.